The average molecular weight is 631 g/mol. The van der Waals surface area contributed by atoms with Gasteiger partial charge in [0.2, 0.25) is 5.91 Å². The molecule has 0 fully saturated rings. The van der Waals surface area contributed by atoms with Crippen LogP contribution in [0.1, 0.15) is 43.1 Å². The fraction of sp³-hybridized carbons (Fsp3) is 0.393. The molecule has 1 aromatic heterocycles. The van der Waals surface area contributed by atoms with Gasteiger partial charge in [-0.3, -0.25) is 14.0 Å². The van der Waals surface area contributed by atoms with Gasteiger partial charge in [0.1, 0.15) is 17.5 Å². The molecule has 2 aliphatic rings. The van der Waals surface area contributed by atoms with Crippen molar-refractivity contribution in [2.75, 3.05) is 20.8 Å². The topological polar surface area (TPSA) is 153 Å². The molecular weight excluding hydrogens is 596 g/mol. The van der Waals surface area contributed by atoms with E-state index < -0.39 is 34.8 Å². The first kappa shape index (κ1) is 30.5. The Morgan fingerprint density at radius 1 is 1.14 bits per heavy atom. The minimum atomic E-state index is -5.07. The molecule has 3 aromatic rings. The summed E-state index contributed by atoms with van der Waals surface area (Å²) in [6, 6.07) is 9.87. The maximum Gasteiger partial charge on any atom is 0.346 e. The lowest BCUT2D eigenvalue weighted by atomic mass is 9.98. The molecule has 5 rings (SSSR count). The summed E-state index contributed by atoms with van der Waals surface area (Å²) in [5.74, 6) is 0.433. The zero-order valence-electron chi connectivity index (χ0n) is 24.2. The average Bonchev–Trinajstić information content (AvgIpc) is 3.46. The van der Waals surface area contributed by atoms with Gasteiger partial charge in [0.25, 0.3) is 0 Å². The van der Waals surface area contributed by atoms with Crippen LogP contribution in [-0.4, -0.2) is 79.8 Å². The van der Waals surface area contributed by atoms with E-state index in [1.807, 2.05) is 12.1 Å². The lowest BCUT2D eigenvalue weighted by Crippen LogP contribution is -2.51. The highest BCUT2D eigenvalue weighted by molar-refractivity contribution is 8.66. The van der Waals surface area contributed by atoms with Crippen LogP contribution < -0.4 is 14.8 Å². The summed E-state index contributed by atoms with van der Waals surface area (Å²) in [5.41, 5.74) is 2.38. The predicted octanol–water partition coefficient (Wildman–Crippen LogP) is 2.03. The number of benzene rings is 2. The van der Waals surface area contributed by atoms with Gasteiger partial charge in [-0.1, -0.05) is 17.3 Å². The number of methoxy groups -OCH3 is 1. The minimum Gasteiger partial charge on any atom is -0.497 e. The van der Waals surface area contributed by atoms with Gasteiger partial charge in [-0.15, -0.1) is 5.10 Å². The SMILES string of the molecule is COc1ccc(S(=O)(=O)S(=O)(=O)N2C=CNC(=O)C2Cc2cn(C3CCOc4cc(CN(C)C(C)C)ccc43)nn2)cc1. The van der Waals surface area contributed by atoms with Crippen molar-refractivity contribution in [3.8, 4) is 11.5 Å². The highest BCUT2D eigenvalue weighted by atomic mass is 33.2. The van der Waals surface area contributed by atoms with Crippen molar-refractivity contribution in [2.45, 2.75) is 56.3 Å². The molecule has 15 heteroatoms. The number of aromatic nitrogens is 3. The third-order valence-corrected chi connectivity index (χ3v) is 12.7. The Kier molecular flexibility index (Phi) is 8.49. The second-order valence-electron chi connectivity index (χ2n) is 10.7. The van der Waals surface area contributed by atoms with E-state index in [4.69, 9.17) is 9.47 Å². The number of hydrogen-bond acceptors (Lipinski definition) is 10. The number of amides is 1. The lowest BCUT2D eigenvalue weighted by molar-refractivity contribution is -0.123. The smallest absolute Gasteiger partial charge is 0.346 e. The number of rotatable bonds is 10. The molecule has 13 nitrogen and oxygen atoms in total. The number of carbonyl (C=O) groups excluding carboxylic acids is 1. The summed E-state index contributed by atoms with van der Waals surface area (Å²) in [5, 5.41) is 10.9. The summed E-state index contributed by atoms with van der Waals surface area (Å²) in [6.07, 6.45) is 4.19. The normalized spacial score (nSPS) is 18.8. The first-order valence-corrected chi connectivity index (χ1v) is 17.1. The van der Waals surface area contributed by atoms with Gasteiger partial charge in [0.15, 0.2) is 0 Å². The van der Waals surface area contributed by atoms with Gasteiger partial charge >= 0.3 is 17.9 Å². The highest BCUT2D eigenvalue weighted by Crippen LogP contribution is 2.35. The highest BCUT2D eigenvalue weighted by Gasteiger charge is 2.44. The van der Waals surface area contributed by atoms with Crippen LogP contribution in [0.15, 0.2) is 66.0 Å². The molecule has 2 atom stereocenters. The van der Waals surface area contributed by atoms with Crippen molar-refractivity contribution >= 4 is 23.8 Å². The van der Waals surface area contributed by atoms with Crippen LogP contribution in [0.4, 0.5) is 0 Å². The summed E-state index contributed by atoms with van der Waals surface area (Å²) >= 11 is 0. The van der Waals surface area contributed by atoms with Crippen LogP contribution in [0.25, 0.3) is 0 Å². The maximum atomic E-state index is 13.4. The van der Waals surface area contributed by atoms with Crippen molar-refractivity contribution in [1.29, 1.82) is 0 Å². The maximum absolute atomic E-state index is 13.4. The lowest BCUT2D eigenvalue weighted by Gasteiger charge is -2.30. The summed E-state index contributed by atoms with van der Waals surface area (Å²) in [7, 11) is -6.52. The van der Waals surface area contributed by atoms with E-state index in [0.717, 1.165) is 48.0 Å². The Hall–Kier alpha value is -3.95. The quantitative estimate of drug-likeness (QED) is 0.329. The summed E-state index contributed by atoms with van der Waals surface area (Å²) in [4.78, 5) is 14.7. The summed E-state index contributed by atoms with van der Waals surface area (Å²) in [6.45, 7) is 5.52. The van der Waals surface area contributed by atoms with Gasteiger partial charge in [-0.05, 0) is 56.8 Å². The Bertz CT molecular complexity index is 1740. The second kappa shape index (κ2) is 12.0. The number of hydrogen-bond donors (Lipinski definition) is 1. The number of carbonyl (C=O) groups is 1. The zero-order chi connectivity index (χ0) is 30.9. The van der Waals surface area contributed by atoms with E-state index >= 15 is 0 Å². The molecule has 43 heavy (non-hydrogen) atoms. The molecule has 0 radical (unpaired) electrons. The molecule has 0 aliphatic carbocycles. The predicted molar refractivity (Wildman–Crippen MR) is 157 cm³/mol. The monoisotopic (exact) mass is 630 g/mol. The number of nitrogens with zero attached hydrogens (tertiary/aromatic N) is 5. The number of fused-ring (bicyclic) bond motifs is 1. The van der Waals surface area contributed by atoms with Crippen molar-refractivity contribution in [3.05, 3.63) is 77.9 Å². The molecular formula is C28H34N6O7S2. The molecule has 2 aromatic carbocycles. The fourth-order valence-corrected chi connectivity index (χ4v) is 8.75. The van der Waals surface area contributed by atoms with E-state index in [9.17, 15) is 21.6 Å². The Morgan fingerprint density at radius 3 is 2.58 bits per heavy atom. The van der Waals surface area contributed by atoms with Crippen LogP contribution >= 0.6 is 0 Å². The van der Waals surface area contributed by atoms with Gasteiger partial charge in [-0.2, -0.15) is 8.42 Å². The molecule has 230 valence electrons. The van der Waals surface area contributed by atoms with Crippen LogP contribution in [0.3, 0.4) is 0 Å². The fourth-order valence-electron chi connectivity index (χ4n) is 4.91. The van der Waals surface area contributed by atoms with E-state index in [-0.39, 0.29) is 12.5 Å². The van der Waals surface area contributed by atoms with Gasteiger partial charge in [0.05, 0.1) is 30.3 Å². The zero-order valence-corrected chi connectivity index (χ0v) is 25.9. The van der Waals surface area contributed by atoms with E-state index in [2.05, 4.69) is 47.5 Å². The molecule has 1 N–H and O–H groups in total. The number of ether oxygens (including phenoxy) is 2. The van der Waals surface area contributed by atoms with E-state index in [1.165, 1.54) is 19.2 Å². The van der Waals surface area contributed by atoms with Crippen molar-refractivity contribution in [2.24, 2.45) is 0 Å². The molecule has 0 saturated heterocycles. The van der Waals surface area contributed by atoms with Crippen LogP contribution in [0, 0.1) is 0 Å². The van der Waals surface area contributed by atoms with Crippen molar-refractivity contribution in [1.82, 2.24) is 29.5 Å². The van der Waals surface area contributed by atoms with Gasteiger partial charge < -0.3 is 14.8 Å². The van der Waals surface area contributed by atoms with Crippen LogP contribution in [0.2, 0.25) is 0 Å². The third kappa shape index (κ3) is 5.96. The molecule has 0 bridgehead atoms. The molecule has 1 amide bonds. The molecule has 2 aliphatic heterocycles. The largest absolute Gasteiger partial charge is 0.497 e. The first-order chi connectivity index (χ1) is 20.4. The van der Waals surface area contributed by atoms with Gasteiger partial charge in [-0.25, -0.2) is 13.1 Å². The first-order valence-electron chi connectivity index (χ1n) is 13.7. The van der Waals surface area contributed by atoms with Crippen molar-refractivity contribution in [3.63, 3.8) is 0 Å². The van der Waals surface area contributed by atoms with Crippen molar-refractivity contribution < 1.29 is 31.1 Å². The second-order valence-corrected chi connectivity index (χ2v) is 15.9. The number of nitrogens with one attached hydrogen (secondary N) is 1. The molecule has 0 saturated carbocycles. The Morgan fingerprint density at radius 2 is 1.88 bits per heavy atom. The van der Waals surface area contributed by atoms with Crippen LogP contribution in [0.5, 0.6) is 11.5 Å². The Labute approximate surface area is 250 Å². The minimum absolute atomic E-state index is 0.183. The third-order valence-electron chi connectivity index (χ3n) is 7.62. The van der Waals surface area contributed by atoms with Gasteiger partial charge in [0, 0.05) is 49.6 Å². The molecule has 0 spiro atoms. The Balaban J connectivity index is 1.38. The summed E-state index contributed by atoms with van der Waals surface area (Å²) < 4.78 is 66.5. The standard InChI is InChI=1S/C28H34N6O7S2/c1-19(2)32(3)17-20-5-10-24-25(11-14-41-27(24)15-20)33-18-21(30-31-33)16-26-28(35)29-12-13-34(26)43(38,39)42(36,37)23-8-6-22(40-4)7-9-23/h5-10,12-13,15,18-19,25-26H,11,14,16-17H2,1-4H3,(H,29,35). The molecule has 2 unspecified atom stereocenters. The van der Waals surface area contributed by atoms with Crippen LogP contribution in [-0.2, 0) is 35.7 Å². The van der Waals surface area contributed by atoms with E-state index in [0.29, 0.717) is 34.8 Å². The van der Waals surface area contributed by atoms with E-state index in [1.54, 1.807) is 10.9 Å². The molecule has 3 heterocycles.